The highest BCUT2D eigenvalue weighted by Crippen LogP contribution is 2.22. The maximum atomic E-state index is 13.1. The summed E-state index contributed by atoms with van der Waals surface area (Å²) in [4.78, 5) is 10.4. The van der Waals surface area contributed by atoms with Crippen molar-refractivity contribution in [1.29, 1.82) is 0 Å². The summed E-state index contributed by atoms with van der Waals surface area (Å²) in [7, 11) is 0. The topological polar surface area (TPSA) is 37.3 Å². The van der Waals surface area contributed by atoms with E-state index in [0.29, 0.717) is 0 Å². The number of terminal acetylenes is 1. The number of carboxylic acid groups (broad SMARTS) is 1. The highest BCUT2D eigenvalue weighted by Gasteiger charge is 2.15. The minimum atomic E-state index is -1.37. The Labute approximate surface area is 79.0 Å². The molecule has 0 fully saturated rings. The quantitative estimate of drug-likeness (QED) is 0.703. The summed E-state index contributed by atoms with van der Waals surface area (Å²) >= 11 is 5.46. The summed E-state index contributed by atoms with van der Waals surface area (Å²) in [6.45, 7) is 0. The number of rotatable bonds is 1. The van der Waals surface area contributed by atoms with Crippen molar-refractivity contribution in [3.63, 3.8) is 0 Å². The molecular formula is C9H4ClFO2. The molecule has 0 saturated heterocycles. The van der Waals surface area contributed by atoms with Crippen LogP contribution >= 0.6 is 11.6 Å². The Bertz CT molecular complexity index is 407. The molecule has 66 valence electrons. The van der Waals surface area contributed by atoms with Gasteiger partial charge in [-0.2, -0.15) is 0 Å². The van der Waals surface area contributed by atoms with Crippen LogP contribution in [0.2, 0.25) is 5.02 Å². The van der Waals surface area contributed by atoms with Crippen molar-refractivity contribution in [2.45, 2.75) is 0 Å². The van der Waals surface area contributed by atoms with E-state index in [1.165, 1.54) is 6.07 Å². The molecule has 0 radical (unpaired) electrons. The van der Waals surface area contributed by atoms with Gasteiger partial charge in [0.1, 0.15) is 0 Å². The van der Waals surface area contributed by atoms with Crippen LogP contribution in [-0.4, -0.2) is 11.1 Å². The van der Waals surface area contributed by atoms with E-state index >= 15 is 0 Å². The summed E-state index contributed by atoms with van der Waals surface area (Å²) in [5, 5.41) is 8.17. The van der Waals surface area contributed by atoms with E-state index in [4.69, 9.17) is 23.1 Å². The molecule has 0 aliphatic carbocycles. The minimum absolute atomic E-state index is 0.143. The lowest BCUT2D eigenvalue weighted by Crippen LogP contribution is -2.01. The lowest BCUT2D eigenvalue weighted by Gasteiger charge is -2.01. The van der Waals surface area contributed by atoms with Crippen LogP contribution in [0.15, 0.2) is 12.1 Å². The predicted octanol–water partition coefficient (Wildman–Crippen LogP) is 2.16. The van der Waals surface area contributed by atoms with Gasteiger partial charge in [-0.15, -0.1) is 6.42 Å². The molecule has 0 bridgehead atoms. The molecule has 0 saturated carbocycles. The first-order chi connectivity index (χ1) is 6.07. The Kier molecular flexibility index (Phi) is 2.54. The van der Waals surface area contributed by atoms with E-state index in [1.54, 1.807) is 0 Å². The van der Waals surface area contributed by atoms with Crippen LogP contribution in [-0.2, 0) is 0 Å². The van der Waals surface area contributed by atoms with Crippen LogP contribution in [0.25, 0.3) is 0 Å². The maximum absolute atomic E-state index is 13.1. The van der Waals surface area contributed by atoms with Crippen LogP contribution < -0.4 is 0 Å². The van der Waals surface area contributed by atoms with Crippen LogP contribution in [0.5, 0.6) is 0 Å². The van der Waals surface area contributed by atoms with E-state index in [9.17, 15) is 9.18 Å². The van der Waals surface area contributed by atoms with Gasteiger partial charge in [0.2, 0.25) is 0 Å². The standard InChI is InChI=1S/C9H4ClFO2/c1-2-5-3-4-6(9(12)13)8(11)7(5)10/h1,3-4H,(H,12,13). The van der Waals surface area contributed by atoms with Crippen LogP contribution in [0, 0.1) is 18.2 Å². The predicted molar refractivity (Wildman–Crippen MR) is 46.3 cm³/mol. The molecule has 0 aliphatic rings. The smallest absolute Gasteiger partial charge is 0.338 e. The summed E-state index contributed by atoms with van der Waals surface area (Å²) in [5.41, 5.74) is -0.340. The fourth-order valence-corrected chi connectivity index (χ4v) is 1.05. The molecule has 1 N–H and O–H groups in total. The third-order valence-corrected chi connectivity index (χ3v) is 1.84. The molecule has 0 atom stereocenters. The molecule has 0 aliphatic heterocycles. The SMILES string of the molecule is C#Cc1ccc(C(=O)O)c(F)c1Cl. The highest BCUT2D eigenvalue weighted by molar-refractivity contribution is 6.32. The lowest BCUT2D eigenvalue weighted by molar-refractivity contribution is 0.0692. The van der Waals surface area contributed by atoms with Gasteiger partial charge in [-0.05, 0) is 12.1 Å². The van der Waals surface area contributed by atoms with Crippen molar-refractivity contribution >= 4 is 17.6 Å². The van der Waals surface area contributed by atoms with E-state index in [2.05, 4.69) is 5.92 Å². The van der Waals surface area contributed by atoms with Gasteiger partial charge >= 0.3 is 5.97 Å². The molecule has 13 heavy (non-hydrogen) atoms. The molecule has 0 aromatic heterocycles. The van der Waals surface area contributed by atoms with Gasteiger partial charge in [-0.3, -0.25) is 0 Å². The highest BCUT2D eigenvalue weighted by atomic mass is 35.5. The van der Waals surface area contributed by atoms with Crippen molar-refractivity contribution in [3.05, 3.63) is 34.1 Å². The molecule has 2 nitrogen and oxygen atoms in total. The van der Waals surface area contributed by atoms with Crippen molar-refractivity contribution < 1.29 is 14.3 Å². The Balaban J connectivity index is 3.42. The Morgan fingerprint density at radius 2 is 2.23 bits per heavy atom. The van der Waals surface area contributed by atoms with Gasteiger partial charge in [0.25, 0.3) is 0 Å². The number of benzene rings is 1. The Morgan fingerprint density at radius 3 is 2.69 bits per heavy atom. The molecule has 4 heteroatoms. The molecule has 0 amide bonds. The number of aromatic carboxylic acids is 1. The zero-order chi connectivity index (χ0) is 10.0. The number of carbonyl (C=O) groups is 1. The van der Waals surface area contributed by atoms with Gasteiger partial charge in [0.05, 0.1) is 10.6 Å². The first-order valence-corrected chi connectivity index (χ1v) is 3.63. The zero-order valence-corrected chi connectivity index (χ0v) is 7.10. The number of hydrogen-bond donors (Lipinski definition) is 1. The normalized spacial score (nSPS) is 9.31. The number of halogens is 2. The summed E-state index contributed by atoms with van der Waals surface area (Å²) < 4.78 is 13.1. The molecule has 0 spiro atoms. The molecule has 1 rings (SSSR count). The summed E-state index contributed by atoms with van der Waals surface area (Å²) in [6.07, 6.45) is 5.00. The zero-order valence-electron chi connectivity index (χ0n) is 6.34. The van der Waals surface area contributed by atoms with Gasteiger partial charge in [-0.1, -0.05) is 17.5 Å². The second-order valence-corrected chi connectivity index (χ2v) is 2.62. The minimum Gasteiger partial charge on any atom is -0.478 e. The van der Waals surface area contributed by atoms with E-state index in [1.807, 2.05) is 0 Å². The largest absolute Gasteiger partial charge is 0.478 e. The van der Waals surface area contributed by atoms with Gasteiger partial charge in [0, 0.05) is 5.56 Å². The first kappa shape index (κ1) is 9.56. The van der Waals surface area contributed by atoms with Crippen molar-refractivity contribution in [2.24, 2.45) is 0 Å². The van der Waals surface area contributed by atoms with Crippen molar-refractivity contribution in [3.8, 4) is 12.3 Å². The monoisotopic (exact) mass is 198 g/mol. The average molecular weight is 199 g/mol. The lowest BCUT2D eigenvalue weighted by atomic mass is 10.1. The fourth-order valence-electron chi connectivity index (χ4n) is 0.826. The second-order valence-electron chi connectivity index (χ2n) is 2.24. The Hall–Kier alpha value is -1.53. The molecule has 0 heterocycles. The number of hydrogen-bond acceptors (Lipinski definition) is 1. The number of carboxylic acids is 1. The second kappa shape index (κ2) is 3.46. The van der Waals surface area contributed by atoms with Gasteiger partial charge in [-0.25, -0.2) is 9.18 Å². The summed E-state index contributed by atoms with van der Waals surface area (Å²) in [5.74, 6) is -0.231. The van der Waals surface area contributed by atoms with Crippen LogP contribution in [0.3, 0.4) is 0 Å². The Morgan fingerprint density at radius 1 is 1.62 bits per heavy atom. The fraction of sp³-hybridized carbons (Fsp3) is 0. The third-order valence-electron chi connectivity index (χ3n) is 1.47. The maximum Gasteiger partial charge on any atom is 0.338 e. The molecule has 1 aromatic carbocycles. The molecular weight excluding hydrogens is 195 g/mol. The van der Waals surface area contributed by atoms with Crippen LogP contribution in [0.4, 0.5) is 4.39 Å². The van der Waals surface area contributed by atoms with E-state index < -0.39 is 17.3 Å². The molecule has 1 aromatic rings. The van der Waals surface area contributed by atoms with Crippen molar-refractivity contribution in [1.82, 2.24) is 0 Å². The summed E-state index contributed by atoms with van der Waals surface area (Å²) in [6, 6.07) is 2.37. The van der Waals surface area contributed by atoms with Crippen LogP contribution in [0.1, 0.15) is 15.9 Å². The first-order valence-electron chi connectivity index (χ1n) is 3.26. The third kappa shape index (κ3) is 1.63. The van der Waals surface area contributed by atoms with Crippen molar-refractivity contribution in [2.75, 3.05) is 0 Å². The van der Waals surface area contributed by atoms with Gasteiger partial charge < -0.3 is 5.11 Å². The van der Waals surface area contributed by atoms with E-state index in [-0.39, 0.29) is 10.6 Å². The van der Waals surface area contributed by atoms with E-state index in [0.717, 1.165) is 6.07 Å². The average Bonchev–Trinajstić information content (AvgIpc) is 2.09. The van der Waals surface area contributed by atoms with Gasteiger partial charge in [0.15, 0.2) is 5.82 Å². The molecule has 0 unspecified atom stereocenters.